The second kappa shape index (κ2) is 12.3. The van der Waals surface area contributed by atoms with E-state index in [0.29, 0.717) is 0 Å². The highest BCUT2D eigenvalue weighted by Gasteiger charge is 2.47. The maximum absolute atomic E-state index is 2.48. The molecule has 1 nitrogen and oxygen atoms in total. The van der Waals surface area contributed by atoms with E-state index in [4.69, 9.17) is 0 Å². The summed E-state index contributed by atoms with van der Waals surface area (Å²) in [4.78, 5) is 2.48. The zero-order valence-corrected chi connectivity index (χ0v) is 28.7. The molecule has 1 heteroatoms. The second-order valence-corrected chi connectivity index (χ2v) is 13.7. The molecule has 0 fully saturated rings. The van der Waals surface area contributed by atoms with Crippen LogP contribution in [-0.4, -0.2) is 0 Å². The predicted molar refractivity (Wildman–Crippen MR) is 219 cm³/mol. The molecule has 52 heavy (non-hydrogen) atoms. The van der Waals surface area contributed by atoms with Crippen molar-refractivity contribution in [2.75, 3.05) is 4.90 Å². The van der Waals surface area contributed by atoms with Gasteiger partial charge in [-0.05, 0) is 85.4 Å². The summed E-state index contributed by atoms with van der Waals surface area (Å²) in [5, 5.41) is 4.93. The Morgan fingerprint density at radius 2 is 0.904 bits per heavy atom. The number of hydrogen-bond acceptors (Lipinski definition) is 1. The van der Waals surface area contributed by atoms with Gasteiger partial charge in [-0.2, -0.15) is 0 Å². The molecule has 0 N–H and O–H groups in total. The Balaban J connectivity index is 1.24. The summed E-state index contributed by atoms with van der Waals surface area (Å²) in [5.74, 6) is 0. The molecule has 0 saturated carbocycles. The maximum Gasteiger partial charge on any atom is 0.0714 e. The SMILES string of the molecule is c1ccc(C2(c3ccccc3)c3ccccc3-c3c(N(c4ccc(-c5ccc6ccccc6c5)cc4)c4cccc5ccccc45)cccc32)cc1. The van der Waals surface area contributed by atoms with Crippen LogP contribution < -0.4 is 4.90 Å². The van der Waals surface area contributed by atoms with Gasteiger partial charge in [0.25, 0.3) is 0 Å². The minimum atomic E-state index is -0.477. The highest BCUT2D eigenvalue weighted by atomic mass is 15.1. The second-order valence-electron chi connectivity index (χ2n) is 13.7. The van der Waals surface area contributed by atoms with Crippen LogP contribution in [0.5, 0.6) is 0 Å². The minimum Gasteiger partial charge on any atom is -0.309 e. The van der Waals surface area contributed by atoms with Crippen LogP contribution in [0.1, 0.15) is 22.3 Å². The summed E-state index contributed by atoms with van der Waals surface area (Å²) in [7, 11) is 0. The summed E-state index contributed by atoms with van der Waals surface area (Å²) >= 11 is 0. The summed E-state index contributed by atoms with van der Waals surface area (Å²) < 4.78 is 0. The van der Waals surface area contributed by atoms with Crippen LogP contribution in [0, 0.1) is 0 Å². The van der Waals surface area contributed by atoms with Gasteiger partial charge < -0.3 is 4.90 Å². The number of nitrogens with zero attached hydrogens (tertiary/aromatic N) is 1. The van der Waals surface area contributed by atoms with Crippen LogP contribution in [0.25, 0.3) is 43.8 Å². The van der Waals surface area contributed by atoms with Crippen molar-refractivity contribution in [1.29, 1.82) is 0 Å². The third-order valence-corrected chi connectivity index (χ3v) is 10.9. The van der Waals surface area contributed by atoms with Gasteiger partial charge in [-0.1, -0.05) is 182 Å². The van der Waals surface area contributed by atoms with E-state index in [1.807, 2.05) is 0 Å². The van der Waals surface area contributed by atoms with E-state index in [0.717, 1.165) is 17.1 Å². The van der Waals surface area contributed by atoms with Crippen molar-refractivity contribution < 1.29 is 0 Å². The van der Waals surface area contributed by atoms with Crippen LogP contribution in [0.15, 0.2) is 212 Å². The number of rotatable bonds is 6. The lowest BCUT2D eigenvalue weighted by Gasteiger charge is -2.34. The van der Waals surface area contributed by atoms with E-state index in [9.17, 15) is 0 Å². The van der Waals surface area contributed by atoms with Crippen molar-refractivity contribution in [2.24, 2.45) is 0 Å². The van der Waals surface area contributed by atoms with Crippen molar-refractivity contribution in [3.63, 3.8) is 0 Å². The average molecular weight is 662 g/mol. The predicted octanol–water partition coefficient (Wildman–Crippen LogP) is 13.5. The van der Waals surface area contributed by atoms with E-state index < -0.39 is 5.41 Å². The molecular formula is C51H35N. The number of benzene rings is 9. The number of fused-ring (bicyclic) bond motifs is 5. The molecular weight excluding hydrogens is 627 g/mol. The molecule has 1 aliphatic carbocycles. The van der Waals surface area contributed by atoms with Gasteiger partial charge in [0.05, 0.1) is 16.8 Å². The maximum atomic E-state index is 2.48. The Hall–Kier alpha value is -6.70. The van der Waals surface area contributed by atoms with E-state index in [2.05, 4.69) is 217 Å². The van der Waals surface area contributed by atoms with Crippen LogP contribution in [-0.2, 0) is 5.41 Å². The fraction of sp³-hybridized carbons (Fsp3) is 0.0196. The van der Waals surface area contributed by atoms with Crippen LogP contribution in [0.3, 0.4) is 0 Å². The third kappa shape index (κ3) is 4.63. The number of hydrogen-bond donors (Lipinski definition) is 0. The molecule has 0 amide bonds. The lowest BCUT2D eigenvalue weighted by molar-refractivity contribution is 0.768. The molecule has 0 heterocycles. The van der Waals surface area contributed by atoms with Gasteiger partial charge in [0.1, 0.15) is 0 Å². The Morgan fingerprint density at radius 3 is 1.67 bits per heavy atom. The van der Waals surface area contributed by atoms with Crippen LogP contribution in [0.4, 0.5) is 17.1 Å². The number of anilines is 3. The van der Waals surface area contributed by atoms with E-state index >= 15 is 0 Å². The summed E-state index contributed by atoms with van der Waals surface area (Å²) in [6.07, 6.45) is 0. The van der Waals surface area contributed by atoms with Crippen molar-refractivity contribution in [3.8, 4) is 22.3 Å². The first kappa shape index (κ1) is 30.2. The van der Waals surface area contributed by atoms with Gasteiger partial charge in [0, 0.05) is 16.6 Å². The molecule has 9 aromatic carbocycles. The molecule has 0 unspecified atom stereocenters. The third-order valence-electron chi connectivity index (χ3n) is 10.9. The molecule has 0 aromatic heterocycles. The zero-order valence-electron chi connectivity index (χ0n) is 28.7. The lowest BCUT2D eigenvalue weighted by atomic mass is 9.68. The Kier molecular flexibility index (Phi) is 7.11. The lowest BCUT2D eigenvalue weighted by Crippen LogP contribution is -2.28. The quantitative estimate of drug-likeness (QED) is 0.171. The molecule has 0 radical (unpaired) electrons. The molecule has 9 aromatic rings. The van der Waals surface area contributed by atoms with Crippen molar-refractivity contribution in [3.05, 3.63) is 235 Å². The van der Waals surface area contributed by atoms with Crippen molar-refractivity contribution in [1.82, 2.24) is 0 Å². The highest BCUT2D eigenvalue weighted by molar-refractivity contribution is 6.03. The molecule has 0 spiro atoms. The Labute approximate surface area is 304 Å². The molecule has 10 rings (SSSR count). The Morgan fingerprint density at radius 1 is 0.346 bits per heavy atom. The first-order valence-corrected chi connectivity index (χ1v) is 18.0. The monoisotopic (exact) mass is 661 g/mol. The molecule has 0 atom stereocenters. The molecule has 1 aliphatic rings. The molecule has 0 bridgehead atoms. The van der Waals surface area contributed by atoms with E-state index in [1.54, 1.807) is 0 Å². The fourth-order valence-corrected chi connectivity index (χ4v) is 8.64. The Bertz CT molecular complexity index is 2680. The van der Waals surface area contributed by atoms with Gasteiger partial charge in [0.15, 0.2) is 0 Å². The van der Waals surface area contributed by atoms with Gasteiger partial charge in [0.2, 0.25) is 0 Å². The van der Waals surface area contributed by atoms with Gasteiger partial charge in [-0.3, -0.25) is 0 Å². The largest absolute Gasteiger partial charge is 0.309 e. The highest BCUT2D eigenvalue weighted by Crippen LogP contribution is 2.59. The van der Waals surface area contributed by atoms with Crippen LogP contribution >= 0.6 is 0 Å². The fourth-order valence-electron chi connectivity index (χ4n) is 8.64. The summed E-state index contributed by atoms with van der Waals surface area (Å²) in [6, 6.07) is 77.8. The zero-order chi connectivity index (χ0) is 34.5. The van der Waals surface area contributed by atoms with Crippen LogP contribution in [0.2, 0.25) is 0 Å². The molecule has 244 valence electrons. The van der Waals surface area contributed by atoms with Gasteiger partial charge >= 0.3 is 0 Å². The van der Waals surface area contributed by atoms with Crippen molar-refractivity contribution >= 4 is 38.6 Å². The first-order valence-electron chi connectivity index (χ1n) is 18.0. The smallest absolute Gasteiger partial charge is 0.0714 e. The average Bonchev–Trinajstić information content (AvgIpc) is 3.53. The molecule has 0 saturated heterocycles. The summed E-state index contributed by atoms with van der Waals surface area (Å²) in [6.45, 7) is 0. The van der Waals surface area contributed by atoms with Gasteiger partial charge in [-0.15, -0.1) is 0 Å². The van der Waals surface area contributed by atoms with Crippen molar-refractivity contribution in [2.45, 2.75) is 5.41 Å². The first-order chi connectivity index (χ1) is 25.8. The topological polar surface area (TPSA) is 3.24 Å². The standard InChI is InChI=1S/C51H35N/c1-3-19-41(20-4-1)51(42-21-5-2-6-22-42)46-25-12-11-24-45(46)50-47(51)26-14-28-49(50)52(48-27-13-18-38-16-9-10-23-44(38)48)43-33-31-37(32-34-43)40-30-29-36-15-7-8-17-39(36)35-40/h1-35H. The normalized spacial score (nSPS) is 12.8. The van der Waals surface area contributed by atoms with E-state index in [1.165, 1.54) is 66.1 Å². The van der Waals surface area contributed by atoms with E-state index in [-0.39, 0.29) is 0 Å². The van der Waals surface area contributed by atoms with Gasteiger partial charge in [-0.25, -0.2) is 0 Å². The molecule has 0 aliphatic heterocycles. The summed E-state index contributed by atoms with van der Waals surface area (Å²) in [5.41, 5.74) is 13.0. The minimum absolute atomic E-state index is 0.477.